The van der Waals surface area contributed by atoms with E-state index in [0.29, 0.717) is 0 Å². The fraction of sp³-hybridized carbons (Fsp3) is 0.154. The smallest absolute Gasteiger partial charge is 0.0547 e. The highest BCUT2D eigenvalue weighted by atomic mass is 15.0. The van der Waals surface area contributed by atoms with Crippen LogP contribution >= 0.6 is 0 Å². The molecule has 0 aliphatic heterocycles. The molecule has 9 rings (SSSR count). The summed E-state index contributed by atoms with van der Waals surface area (Å²) in [6.45, 7) is 17.2. The summed E-state index contributed by atoms with van der Waals surface area (Å²) in [7, 11) is 0. The summed E-state index contributed by atoms with van der Waals surface area (Å²) < 4.78 is 4.77. The van der Waals surface area contributed by atoms with Crippen molar-refractivity contribution in [2.24, 2.45) is 5.73 Å². The van der Waals surface area contributed by atoms with Crippen molar-refractivity contribution in [3.63, 3.8) is 0 Å². The van der Waals surface area contributed by atoms with Crippen LogP contribution in [0.3, 0.4) is 0 Å². The van der Waals surface area contributed by atoms with Gasteiger partial charge in [0.05, 0.1) is 22.1 Å². The van der Waals surface area contributed by atoms with Gasteiger partial charge in [-0.15, -0.1) is 0 Å². The largest absolute Gasteiger partial charge is 0.405 e. The molecule has 3 nitrogen and oxygen atoms in total. The van der Waals surface area contributed by atoms with Gasteiger partial charge in [-0.05, 0) is 188 Å². The fourth-order valence-electron chi connectivity index (χ4n) is 8.90. The van der Waals surface area contributed by atoms with Gasteiger partial charge in [0, 0.05) is 32.9 Å². The predicted molar refractivity (Wildman–Crippen MR) is 239 cm³/mol. The number of nitrogens with two attached hydrogens (primary N) is 1. The Morgan fingerprint density at radius 3 is 1.35 bits per heavy atom. The summed E-state index contributed by atoms with van der Waals surface area (Å²) in [5, 5.41) is 5.07. The van der Waals surface area contributed by atoms with Crippen molar-refractivity contribution >= 4 is 55.0 Å². The van der Waals surface area contributed by atoms with Gasteiger partial charge in [-0.1, -0.05) is 67.3 Å². The van der Waals surface area contributed by atoms with Crippen molar-refractivity contribution in [3.05, 3.63) is 168 Å². The van der Waals surface area contributed by atoms with Gasteiger partial charge in [0.1, 0.15) is 0 Å². The average molecular weight is 714 g/mol. The number of nitrogens with zero attached hydrogens (tertiary/aromatic N) is 2. The summed E-state index contributed by atoms with van der Waals surface area (Å²) in [5.74, 6) is 0. The lowest BCUT2D eigenvalue weighted by Crippen LogP contribution is -2.05. The molecule has 0 radical (unpaired) electrons. The third-order valence-corrected chi connectivity index (χ3v) is 12.2. The van der Waals surface area contributed by atoms with Crippen LogP contribution in [-0.4, -0.2) is 9.13 Å². The molecule has 0 saturated carbocycles. The molecule has 270 valence electrons. The van der Waals surface area contributed by atoms with E-state index in [0.717, 1.165) is 24.2 Å². The molecule has 0 bridgehead atoms. The van der Waals surface area contributed by atoms with Crippen molar-refractivity contribution in [1.29, 1.82) is 0 Å². The Morgan fingerprint density at radius 1 is 0.509 bits per heavy atom. The van der Waals surface area contributed by atoms with E-state index in [1.54, 1.807) is 6.20 Å². The number of aryl methyl sites for hydroxylation is 6. The molecule has 0 saturated heterocycles. The molecular weight excluding hydrogens is 667 g/mol. The standard InChI is InChI=1S/C52H47N3/c1-8-41(9-2)54-49-19-17-37(35-13-11-31(4)33(6)23-35)25-45(49)47-27-39-15-16-40-28-48-46-26-38(36-14-12-32(5)34(7)24-36)18-20-50(46)55(42(10-3)21-22-53)52(48)30-44(40)43(39)29-51(47)54/h8-14,17-30H,1,15-16,53H2,2-7H3/b22-21-,41-9+,42-10+. The van der Waals surface area contributed by atoms with Gasteiger partial charge >= 0.3 is 0 Å². The van der Waals surface area contributed by atoms with Gasteiger partial charge in [0.25, 0.3) is 0 Å². The monoisotopic (exact) mass is 713 g/mol. The maximum atomic E-state index is 6.05. The Labute approximate surface area is 324 Å². The number of aromatic nitrogens is 2. The van der Waals surface area contributed by atoms with Crippen LogP contribution in [0.1, 0.15) is 47.2 Å². The molecule has 8 aromatic rings. The molecular formula is C52H47N3. The first-order valence-electron chi connectivity index (χ1n) is 19.4. The number of fused-ring (bicyclic) bond motifs is 9. The molecule has 0 amide bonds. The number of hydrogen-bond acceptors (Lipinski definition) is 1. The van der Waals surface area contributed by atoms with Crippen molar-refractivity contribution in [1.82, 2.24) is 9.13 Å². The minimum absolute atomic E-state index is 0.992. The van der Waals surface area contributed by atoms with Crippen LogP contribution in [0.25, 0.3) is 88.4 Å². The summed E-state index contributed by atoms with van der Waals surface area (Å²) in [5.41, 5.74) is 28.5. The van der Waals surface area contributed by atoms with E-state index in [9.17, 15) is 0 Å². The van der Waals surface area contributed by atoms with Crippen LogP contribution in [0.5, 0.6) is 0 Å². The highest BCUT2D eigenvalue weighted by Crippen LogP contribution is 2.45. The molecule has 1 aliphatic rings. The van der Waals surface area contributed by atoms with Crippen molar-refractivity contribution in [2.75, 3.05) is 0 Å². The molecule has 2 aromatic heterocycles. The zero-order chi connectivity index (χ0) is 38.1. The Kier molecular flexibility index (Phi) is 8.27. The number of hydrogen-bond donors (Lipinski definition) is 1. The second-order valence-electron chi connectivity index (χ2n) is 15.3. The highest BCUT2D eigenvalue weighted by molar-refractivity contribution is 6.15. The fourth-order valence-corrected chi connectivity index (χ4v) is 8.90. The minimum Gasteiger partial charge on any atom is -0.405 e. The zero-order valence-corrected chi connectivity index (χ0v) is 32.7. The number of allylic oxidation sites excluding steroid dienone is 6. The first kappa shape index (κ1) is 34.4. The summed E-state index contributed by atoms with van der Waals surface area (Å²) in [6, 6.07) is 37.2. The summed E-state index contributed by atoms with van der Waals surface area (Å²) >= 11 is 0. The Morgan fingerprint density at radius 2 is 0.927 bits per heavy atom. The van der Waals surface area contributed by atoms with Gasteiger partial charge in [-0.2, -0.15) is 0 Å². The van der Waals surface area contributed by atoms with E-state index in [2.05, 4.69) is 166 Å². The molecule has 0 fully saturated rings. The van der Waals surface area contributed by atoms with Crippen LogP contribution in [0, 0.1) is 27.7 Å². The Balaban J connectivity index is 1.30. The van der Waals surface area contributed by atoms with Crippen LogP contribution in [-0.2, 0) is 12.8 Å². The first-order chi connectivity index (χ1) is 26.7. The molecule has 2 heterocycles. The third-order valence-electron chi connectivity index (χ3n) is 12.2. The SMILES string of the molecule is C=C/C(=C\C)n1c2ccc(-c3ccc(C)c(C)c3)cc2c2cc3c(cc21)-c1cc2c(cc1CC3)c1cc(-c3ccc(C)c(C)c3)ccc1n2C(/C=C\N)=C/C. The van der Waals surface area contributed by atoms with Crippen LogP contribution < -0.4 is 5.73 Å². The first-order valence-corrected chi connectivity index (χ1v) is 19.4. The molecule has 2 N–H and O–H groups in total. The van der Waals surface area contributed by atoms with Crippen LogP contribution in [0.4, 0.5) is 0 Å². The molecule has 3 heteroatoms. The highest BCUT2D eigenvalue weighted by Gasteiger charge is 2.24. The van der Waals surface area contributed by atoms with Gasteiger partial charge in [0.2, 0.25) is 0 Å². The van der Waals surface area contributed by atoms with E-state index >= 15 is 0 Å². The Bertz CT molecular complexity index is 3010. The topological polar surface area (TPSA) is 35.9 Å². The van der Waals surface area contributed by atoms with E-state index in [1.165, 1.54) is 110 Å². The molecule has 0 unspecified atom stereocenters. The van der Waals surface area contributed by atoms with Gasteiger partial charge < -0.3 is 14.9 Å². The third kappa shape index (κ3) is 5.40. The van der Waals surface area contributed by atoms with Crippen molar-refractivity contribution < 1.29 is 0 Å². The van der Waals surface area contributed by atoms with Crippen molar-refractivity contribution in [3.8, 4) is 33.4 Å². The minimum atomic E-state index is 0.992. The summed E-state index contributed by atoms with van der Waals surface area (Å²) in [4.78, 5) is 0. The van der Waals surface area contributed by atoms with Crippen LogP contribution in [0.15, 0.2) is 134 Å². The summed E-state index contributed by atoms with van der Waals surface area (Å²) in [6.07, 6.45) is 11.9. The zero-order valence-electron chi connectivity index (χ0n) is 32.7. The lowest BCUT2D eigenvalue weighted by Gasteiger charge is -2.22. The second kappa shape index (κ2) is 13.2. The Hall–Kier alpha value is -6.32. The normalized spacial score (nSPS) is 13.4. The predicted octanol–water partition coefficient (Wildman–Crippen LogP) is 13.6. The second-order valence-corrected chi connectivity index (χ2v) is 15.3. The molecule has 55 heavy (non-hydrogen) atoms. The van der Waals surface area contributed by atoms with Crippen molar-refractivity contribution in [2.45, 2.75) is 54.4 Å². The van der Waals surface area contributed by atoms with E-state index in [-0.39, 0.29) is 0 Å². The van der Waals surface area contributed by atoms with Gasteiger partial charge in [0.15, 0.2) is 0 Å². The molecule has 1 aliphatic carbocycles. The quantitative estimate of drug-likeness (QED) is 0.171. The van der Waals surface area contributed by atoms with E-state index in [1.807, 2.05) is 12.2 Å². The average Bonchev–Trinajstić information content (AvgIpc) is 3.68. The lowest BCUT2D eigenvalue weighted by molar-refractivity contribution is 0.946. The lowest BCUT2D eigenvalue weighted by atomic mass is 9.84. The van der Waals surface area contributed by atoms with Gasteiger partial charge in [-0.3, -0.25) is 0 Å². The number of benzene rings is 6. The van der Waals surface area contributed by atoms with E-state index in [4.69, 9.17) is 5.73 Å². The van der Waals surface area contributed by atoms with Crippen LogP contribution in [0.2, 0.25) is 0 Å². The maximum Gasteiger partial charge on any atom is 0.0547 e. The molecule has 6 aromatic carbocycles. The van der Waals surface area contributed by atoms with Gasteiger partial charge in [-0.25, -0.2) is 0 Å². The maximum absolute atomic E-state index is 6.05. The number of rotatable bonds is 6. The molecule has 0 spiro atoms. The molecule has 0 atom stereocenters. The van der Waals surface area contributed by atoms with E-state index < -0.39 is 0 Å².